The van der Waals surface area contributed by atoms with E-state index in [4.69, 9.17) is 4.74 Å². The fourth-order valence-corrected chi connectivity index (χ4v) is 6.23. The monoisotopic (exact) mass is 504 g/mol. The van der Waals surface area contributed by atoms with Crippen LogP contribution in [0.2, 0.25) is 0 Å². The summed E-state index contributed by atoms with van der Waals surface area (Å²) in [6.07, 6.45) is 7.68. The minimum Gasteiger partial charge on any atom is -0.457 e. The van der Waals surface area contributed by atoms with Crippen molar-refractivity contribution >= 4 is 21.2 Å². The van der Waals surface area contributed by atoms with Crippen LogP contribution in [-0.4, -0.2) is 40.9 Å². The molecule has 0 spiro atoms. The molecule has 6 heteroatoms. The normalized spacial score (nSPS) is 17.8. The van der Waals surface area contributed by atoms with Gasteiger partial charge in [-0.3, -0.25) is 0 Å². The molecule has 36 heavy (non-hydrogen) atoms. The van der Waals surface area contributed by atoms with Crippen molar-refractivity contribution in [3.8, 4) is 11.5 Å². The van der Waals surface area contributed by atoms with Crippen LogP contribution in [0.5, 0.6) is 11.5 Å². The van der Waals surface area contributed by atoms with Gasteiger partial charge in [-0.2, -0.15) is 0 Å². The number of ether oxygens (including phenoxy) is 1. The Morgan fingerprint density at radius 1 is 0.694 bits per heavy atom. The lowest BCUT2D eigenvalue weighted by atomic mass is 9.82. The van der Waals surface area contributed by atoms with Gasteiger partial charge in [-0.1, -0.05) is 24.3 Å². The molecule has 0 aromatic heterocycles. The van der Waals surface area contributed by atoms with Crippen molar-refractivity contribution < 1.29 is 13.2 Å². The predicted molar refractivity (Wildman–Crippen MR) is 147 cm³/mol. The van der Waals surface area contributed by atoms with Crippen LogP contribution >= 0.6 is 0 Å². The number of rotatable bonds is 7. The molecular weight excluding hydrogens is 468 g/mol. The summed E-state index contributed by atoms with van der Waals surface area (Å²) >= 11 is 0. The van der Waals surface area contributed by atoms with E-state index < -0.39 is 9.84 Å². The van der Waals surface area contributed by atoms with Crippen LogP contribution in [0.25, 0.3) is 0 Å². The van der Waals surface area contributed by atoms with Crippen molar-refractivity contribution in [3.05, 3.63) is 78.9 Å². The van der Waals surface area contributed by atoms with Crippen LogP contribution in [0.15, 0.2) is 83.8 Å². The molecule has 0 aliphatic carbocycles. The van der Waals surface area contributed by atoms with Crippen molar-refractivity contribution in [2.75, 3.05) is 42.2 Å². The third-order valence-corrected chi connectivity index (χ3v) is 8.82. The highest BCUT2D eigenvalue weighted by Crippen LogP contribution is 2.34. The van der Waals surface area contributed by atoms with E-state index in [1.807, 2.05) is 12.1 Å². The zero-order chi connectivity index (χ0) is 25.0. The number of anilines is 2. The lowest BCUT2D eigenvalue weighted by molar-refractivity contribution is 0.279. The number of para-hydroxylation sites is 1. The number of nitrogens with zero attached hydrogens (tertiary/aromatic N) is 2. The van der Waals surface area contributed by atoms with Gasteiger partial charge in [0.25, 0.3) is 0 Å². The van der Waals surface area contributed by atoms with Gasteiger partial charge in [0.1, 0.15) is 11.5 Å². The van der Waals surface area contributed by atoms with E-state index in [0.29, 0.717) is 10.6 Å². The first-order valence-electron chi connectivity index (χ1n) is 13.1. The third-order valence-electron chi connectivity index (χ3n) is 7.69. The first-order valence-corrected chi connectivity index (χ1v) is 15.0. The second-order valence-corrected chi connectivity index (χ2v) is 12.3. The number of hydrogen-bond acceptors (Lipinski definition) is 5. The van der Waals surface area contributed by atoms with Crippen LogP contribution in [0.1, 0.15) is 32.1 Å². The van der Waals surface area contributed by atoms with Gasteiger partial charge < -0.3 is 14.5 Å². The van der Waals surface area contributed by atoms with Crippen LogP contribution in [-0.2, 0) is 9.84 Å². The molecule has 0 unspecified atom stereocenters. The maximum atomic E-state index is 11.7. The smallest absolute Gasteiger partial charge is 0.175 e. The summed E-state index contributed by atoms with van der Waals surface area (Å²) in [4.78, 5) is 5.30. The topological polar surface area (TPSA) is 49.9 Å². The molecule has 2 saturated heterocycles. The minimum atomic E-state index is -3.21. The summed E-state index contributed by atoms with van der Waals surface area (Å²) in [5.41, 5.74) is 2.55. The summed E-state index contributed by atoms with van der Waals surface area (Å²) in [6, 6.07) is 25.6. The number of hydrogen-bond donors (Lipinski definition) is 0. The SMILES string of the molecule is CS(=O)(=O)c1ccc(Oc2cccc(N3CCC(CC4CCN(c5ccccc5)CC4)CC3)c2)cc1. The molecule has 3 aromatic rings. The average Bonchev–Trinajstić information content (AvgIpc) is 2.90. The fraction of sp³-hybridized carbons (Fsp3) is 0.400. The zero-order valence-electron chi connectivity index (χ0n) is 21.1. The Bertz CT molecular complexity index is 1230. The van der Waals surface area contributed by atoms with Gasteiger partial charge in [-0.05, 0) is 92.5 Å². The first-order chi connectivity index (χ1) is 17.4. The summed E-state index contributed by atoms with van der Waals surface area (Å²) in [5.74, 6) is 3.08. The second kappa shape index (κ2) is 11.0. The Balaban J connectivity index is 1.10. The van der Waals surface area contributed by atoms with Crippen molar-refractivity contribution in [3.63, 3.8) is 0 Å². The predicted octanol–water partition coefficient (Wildman–Crippen LogP) is 6.41. The van der Waals surface area contributed by atoms with Gasteiger partial charge in [0.2, 0.25) is 0 Å². The van der Waals surface area contributed by atoms with Crippen LogP contribution < -0.4 is 14.5 Å². The molecule has 0 atom stereocenters. The van der Waals surface area contributed by atoms with E-state index >= 15 is 0 Å². The zero-order valence-corrected chi connectivity index (χ0v) is 21.9. The summed E-state index contributed by atoms with van der Waals surface area (Å²) in [5, 5.41) is 0. The van der Waals surface area contributed by atoms with Crippen LogP contribution in [0.4, 0.5) is 11.4 Å². The molecule has 2 aliphatic rings. The van der Waals surface area contributed by atoms with E-state index in [2.05, 4.69) is 52.3 Å². The minimum absolute atomic E-state index is 0.299. The Hall–Kier alpha value is -2.99. The third kappa shape index (κ3) is 6.22. The van der Waals surface area contributed by atoms with Gasteiger partial charge in [-0.15, -0.1) is 0 Å². The molecule has 0 saturated carbocycles. The van der Waals surface area contributed by atoms with E-state index in [0.717, 1.165) is 30.7 Å². The van der Waals surface area contributed by atoms with E-state index in [1.54, 1.807) is 24.3 Å². The summed E-state index contributed by atoms with van der Waals surface area (Å²) < 4.78 is 29.4. The van der Waals surface area contributed by atoms with Gasteiger partial charge >= 0.3 is 0 Å². The number of benzene rings is 3. The number of sulfone groups is 1. The van der Waals surface area contributed by atoms with Crippen LogP contribution in [0.3, 0.4) is 0 Å². The van der Waals surface area contributed by atoms with Crippen molar-refractivity contribution in [1.29, 1.82) is 0 Å². The quantitative estimate of drug-likeness (QED) is 0.372. The van der Waals surface area contributed by atoms with Gasteiger partial charge in [0.15, 0.2) is 9.84 Å². The second-order valence-electron chi connectivity index (χ2n) is 10.3. The molecular formula is C30H36N2O3S. The molecule has 0 radical (unpaired) electrons. The van der Waals surface area contributed by atoms with Gasteiger partial charge in [0, 0.05) is 49.9 Å². The first kappa shape index (κ1) is 24.7. The summed E-state index contributed by atoms with van der Waals surface area (Å²) in [7, 11) is -3.21. The Labute approximate surface area is 215 Å². The van der Waals surface area contributed by atoms with Crippen LogP contribution in [0, 0.1) is 11.8 Å². The molecule has 0 amide bonds. The molecule has 2 fully saturated rings. The maximum absolute atomic E-state index is 11.7. The van der Waals surface area contributed by atoms with Gasteiger partial charge in [-0.25, -0.2) is 8.42 Å². The van der Waals surface area contributed by atoms with Crippen molar-refractivity contribution in [2.24, 2.45) is 11.8 Å². The Morgan fingerprint density at radius 2 is 1.25 bits per heavy atom. The Kier molecular flexibility index (Phi) is 7.51. The highest BCUT2D eigenvalue weighted by molar-refractivity contribution is 7.90. The van der Waals surface area contributed by atoms with E-state index in [9.17, 15) is 8.42 Å². The highest BCUT2D eigenvalue weighted by atomic mass is 32.2. The summed E-state index contributed by atoms with van der Waals surface area (Å²) in [6.45, 7) is 4.52. The molecule has 2 heterocycles. The lowest BCUT2D eigenvalue weighted by Gasteiger charge is -2.38. The molecule has 5 rings (SSSR count). The molecule has 5 nitrogen and oxygen atoms in total. The average molecular weight is 505 g/mol. The van der Waals surface area contributed by atoms with Crippen molar-refractivity contribution in [2.45, 2.75) is 37.0 Å². The van der Waals surface area contributed by atoms with E-state index in [-0.39, 0.29) is 0 Å². The van der Waals surface area contributed by atoms with Crippen molar-refractivity contribution in [1.82, 2.24) is 0 Å². The lowest BCUT2D eigenvalue weighted by Crippen LogP contribution is -2.37. The molecule has 0 N–H and O–H groups in total. The molecule has 190 valence electrons. The fourth-order valence-electron chi connectivity index (χ4n) is 5.60. The molecule has 0 bridgehead atoms. The molecule has 3 aromatic carbocycles. The highest BCUT2D eigenvalue weighted by Gasteiger charge is 2.26. The molecule has 2 aliphatic heterocycles. The van der Waals surface area contributed by atoms with E-state index in [1.165, 1.54) is 62.8 Å². The van der Waals surface area contributed by atoms with Gasteiger partial charge in [0.05, 0.1) is 4.90 Å². The largest absolute Gasteiger partial charge is 0.457 e. The number of piperidine rings is 2. The maximum Gasteiger partial charge on any atom is 0.175 e. The Morgan fingerprint density at radius 3 is 1.83 bits per heavy atom. The standard InChI is InChI=1S/C30H36N2O3S/c1-36(33,34)30-12-10-28(11-13-30)35-29-9-5-8-27(23-29)32-20-16-25(17-21-32)22-24-14-18-31(19-15-24)26-6-3-2-4-7-26/h2-13,23-25H,14-22H2,1H3.